The van der Waals surface area contributed by atoms with E-state index in [4.69, 9.17) is 0 Å². The number of carbonyl (C=O) groups is 1. The summed E-state index contributed by atoms with van der Waals surface area (Å²) in [5.74, 6) is 0.674. The Morgan fingerprint density at radius 3 is 2.95 bits per heavy atom. The first-order valence-electron chi connectivity index (χ1n) is 7.57. The van der Waals surface area contributed by atoms with Gasteiger partial charge in [0.15, 0.2) is 5.01 Å². The number of piperidine rings is 1. The van der Waals surface area contributed by atoms with E-state index in [1.165, 1.54) is 11.3 Å². The third-order valence-corrected chi connectivity index (χ3v) is 4.65. The molecule has 0 aromatic carbocycles. The Bertz CT molecular complexity index is 609. The molecule has 2 aromatic rings. The quantitative estimate of drug-likeness (QED) is 0.884. The molecule has 1 aliphatic heterocycles. The van der Waals surface area contributed by atoms with Crippen LogP contribution in [0.2, 0.25) is 0 Å². The number of pyridine rings is 1. The van der Waals surface area contributed by atoms with Crippen LogP contribution in [0.25, 0.3) is 10.7 Å². The van der Waals surface area contributed by atoms with E-state index in [1.807, 2.05) is 18.2 Å². The molecule has 2 N–H and O–H groups in total. The average molecular weight is 317 g/mol. The summed E-state index contributed by atoms with van der Waals surface area (Å²) in [5.41, 5.74) is 0.773. The van der Waals surface area contributed by atoms with Gasteiger partial charge in [-0.2, -0.15) is 0 Å². The van der Waals surface area contributed by atoms with E-state index in [1.54, 1.807) is 6.20 Å². The lowest BCUT2D eigenvalue weighted by molar-refractivity contribution is -0.116. The molecule has 6 nitrogen and oxygen atoms in total. The Hall–Kier alpha value is -1.86. The minimum absolute atomic E-state index is 0.0160. The molecule has 22 heavy (non-hydrogen) atoms. The molecular weight excluding hydrogens is 298 g/mol. The predicted molar refractivity (Wildman–Crippen MR) is 86.6 cm³/mol. The number of carbonyl (C=O) groups excluding carboxylic acids is 1. The maximum absolute atomic E-state index is 12.0. The lowest BCUT2D eigenvalue weighted by Crippen LogP contribution is -2.28. The topological polar surface area (TPSA) is 79.8 Å². The molecule has 0 spiro atoms. The second-order valence-electron chi connectivity index (χ2n) is 5.41. The third-order valence-electron chi connectivity index (χ3n) is 3.79. The molecule has 7 heteroatoms. The van der Waals surface area contributed by atoms with Crippen molar-refractivity contribution >= 4 is 22.4 Å². The first-order valence-corrected chi connectivity index (χ1v) is 8.38. The largest absolute Gasteiger partial charge is 0.317 e. The van der Waals surface area contributed by atoms with Crippen molar-refractivity contribution in [3.05, 3.63) is 24.4 Å². The van der Waals surface area contributed by atoms with Crippen LogP contribution in [-0.4, -0.2) is 34.2 Å². The molecule has 1 fully saturated rings. The van der Waals surface area contributed by atoms with Gasteiger partial charge in [-0.1, -0.05) is 17.4 Å². The fourth-order valence-electron chi connectivity index (χ4n) is 2.55. The van der Waals surface area contributed by atoms with Gasteiger partial charge in [0.05, 0.1) is 0 Å². The highest BCUT2D eigenvalue weighted by molar-refractivity contribution is 7.18. The summed E-state index contributed by atoms with van der Waals surface area (Å²) >= 11 is 1.35. The average Bonchev–Trinajstić information content (AvgIpc) is 3.03. The van der Waals surface area contributed by atoms with Gasteiger partial charge < -0.3 is 10.6 Å². The first kappa shape index (κ1) is 15.1. The van der Waals surface area contributed by atoms with Crippen LogP contribution in [-0.2, 0) is 4.79 Å². The van der Waals surface area contributed by atoms with Crippen LogP contribution in [0, 0.1) is 5.92 Å². The van der Waals surface area contributed by atoms with Gasteiger partial charge in [0.25, 0.3) is 0 Å². The highest BCUT2D eigenvalue weighted by atomic mass is 32.1. The number of anilines is 1. The normalized spacial score (nSPS) is 15.6. The predicted octanol–water partition coefficient (Wildman–Crippen LogP) is 2.32. The number of hydrogen-bond acceptors (Lipinski definition) is 6. The Balaban J connectivity index is 1.50. The molecule has 0 radical (unpaired) electrons. The summed E-state index contributed by atoms with van der Waals surface area (Å²) in [7, 11) is 0. The van der Waals surface area contributed by atoms with Crippen molar-refractivity contribution in [1.29, 1.82) is 0 Å². The highest BCUT2D eigenvalue weighted by Crippen LogP contribution is 2.25. The van der Waals surface area contributed by atoms with Gasteiger partial charge in [-0.05, 0) is 50.4 Å². The molecule has 2 aromatic heterocycles. The van der Waals surface area contributed by atoms with Gasteiger partial charge in [0.1, 0.15) is 5.69 Å². The Kier molecular flexibility index (Phi) is 5.07. The number of hydrogen-bond donors (Lipinski definition) is 2. The molecule has 116 valence electrons. The highest BCUT2D eigenvalue weighted by Gasteiger charge is 2.15. The van der Waals surface area contributed by atoms with E-state index in [-0.39, 0.29) is 5.91 Å². The van der Waals surface area contributed by atoms with Crippen LogP contribution in [0.4, 0.5) is 5.13 Å². The second-order valence-corrected chi connectivity index (χ2v) is 6.39. The lowest BCUT2D eigenvalue weighted by atomic mass is 9.93. The van der Waals surface area contributed by atoms with Crippen LogP contribution >= 0.6 is 11.3 Å². The molecule has 0 atom stereocenters. The number of rotatable bonds is 5. The summed E-state index contributed by atoms with van der Waals surface area (Å²) < 4.78 is 0. The van der Waals surface area contributed by atoms with E-state index in [2.05, 4.69) is 25.8 Å². The van der Waals surface area contributed by atoms with Crippen LogP contribution in [0.1, 0.15) is 25.7 Å². The maximum atomic E-state index is 12.0. The zero-order chi connectivity index (χ0) is 15.2. The van der Waals surface area contributed by atoms with Gasteiger partial charge in [0.2, 0.25) is 11.0 Å². The van der Waals surface area contributed by atoms with E-state index < -0.39 is 0 Å². The third kappa shape index (κ3) is 4.08. The van der Waals surface area contributed by atoms with Crippen molar-refractivity contribution in [3.63, 3.8) is 0 Å². The van der Waals surface area contributed by atoms with Crippen molar-refractivity contribution in [2.24, 2.45) is 5.92 Å². The number of amides is 1. The minimum atomic E-state index is 0.0160. The molecule has 3 rings (SSSR count). The second kappa shape index (κ2) is 7.42. The van der Waals surface area contributed by atoms with Crippen LogP contribution < -0.4 is 10.6 Å². The molecule has 0 bridgehead atoms. The molecule has 1 aliphatic rings. The SMILES string of the molecule is O=C(CCC1CCNCC1)Nc1nnc(-c2ccccn2)s1. The van der Waals surface area contributed by atoms with Crippen molar-refractivity contribution in [1.82, 2.24) is 20.5 Å². The van der Waals surface area contributed by atoms with Gasteiger partial charge in [-0.15, -0.1) is 10.2 Å². The number of nitrogens with one attached hydrogen (secondary N) is 2. The van der Waals surface area contributed by atoms with Gasteiger partial charge >= 0.3 is 0 Å². The van der Waals surface area contributed by atoms with E-state index in [0.717, 1.165) is 38.0 Å². The van der Waals surface area contributed by atoms with Crippen molar-refractivity contribution < 1.29 is 4.79 Å². The fourth-order valence-corrected chi connectivity index (χ4v) is 3.29. The Labute approximate surface area is 133 Å². The molecule has 3 heterocycles. The van der Waals surface area contributed by atoms with Crippen LogP contribution in [0.5, 0.6) is 0 Å². The van der Waals surface area contributed by atoms with Crippen LogP contribution in [0.15, 0.2) is 24.4 Å². The molecule has 0 saturated carbocycles. The van der Waals surface area contributed by atoms with Crippen LogP contribution in [0.3, 0.4) is 0 Å². The van der Waals surface area contributed by atoms with E-state index in [0.29, 0.717) is 22.5 Å². The van der Waals surface area contributed by atoms with Crippen molar-refractivity contribution in [3.8, 4) is 10.7 Å². The van der Waals surface area contributed by atoms with E-state index >= 15 is 0 Å². The number of aromatic nitrogens is 3. The summed E-state index contributed by atoms with van der Waals surface area (Å²) in [5, 5.41) is 15.5. The Morgan fingerprint density at radius 1 is 1.32 bits per heavy atom. The molecule has 1 amide bonds. The summed E-state index contributed by atoms with van der Waals surface area (Å²) in [6.07, 6.45) is 5.53. The smallest absolute Gasteiger partial charge is 0.226 e. The first-order chi connectivity index (χ1) is 10.8. The zero-order valence-electron chi connectivity index (χ0n) is 12.3. The monoisotopic (exact) mass is 317 g/mol. The zero-order valence-corrected chi connectivity index (χ0v) is 13.1. The number of nitrogens with zero attached hydrogens (tertiary/aromatic N) is 3. The molecule has 0 aliphatic carbocycles. The lowest BCUT2D eigenvalue weighted by Gasteiger charge is -2.21. The molecular formula is C15H19N5OS. The van der Waals surface area contributed by atoms with Crippen molar-refractivity contribution in [2.45, 2.75) is 25.7 Å². The fraction of sp³-hybridized carbons (Fsp3) is 0.467. The summed E-state index contributed by atoms with van der Waals surface area (Å²) in [6, 6.07) is 5.64. The Morgan fingerprint density at radius 2 is 2.18 bits per heavy atom. The molecule has 1 saturated heterocycles. The van der Waals surface area contributed by atoms with Gasteiger partial charge in [-0.3, -0.25) is 9.78 Å². The van der Waals surface area contributed by atoms with Gasteiger partial charge in [-0.25, -0.2) is 0 Å². The minimum Gasteiger partial charge on any atom is -0.317 e. The summed E-state index contributed by atoms with van der Waals surface area (Å²) in [6.45, 7) is 2.13. The standard InChI is InChI=1S/C15H19N5OS/c21-13(5-4-11-6-9-16-10-7-11)18-15-20-19-14(22-15)12-3-1-2-8-17-12/h1-3,8,11,16H,4-7,9-10H2,(H,18,20,21). The molecule has 0 unspecified atom stereocenters. The summed E-state index contributed by atoms with van der Waals surface area (Å²) in [4.78, 5) is 16.2. The van der Waals surface area contributed by atoms with Gasteiger partial charge in [0, 0.05) is 12.6 Å². The maximum Gasteiger partial charge on any atom is 0.226 e. The van der Waals surface area contributed by atoms with Crippen molar-refractivity contribution in [2.75, 3.05) is 18.4 Å². The van der Waals surface area contributed by atoms with E-state index in [9.17, 15) is 4.79 Å².